The zero-order valence-corrected chi connectivity index (χ0v) is 18.9. The predicted octanol–water partition coefficient (Wildman–Crippen LogP) is 5.32. The van der Waals surface area contributed by atoms with Gasteiger partial charge >= 0.3 is 0 Å². The van der Waals surface area contributed by atoms with Gasteiger partial charge < -0.3 is 15.0 Å². The number of hydrogen-bond donors (Lipinski definition) is 1. The molecule has 0 fully saturated rings. The number of anilines is 1. The number of aryl methyl sites for hydroxylation is 1. The number of rotatable bonds is 11. The smallest absolute Gasteiger partial charge is 0.254 e. The van der Waals surface area contributed by atoms with Gasteiger partial charge in [0.25, 0.3) is 5.91 Å². The first-order valence-corrected chi connectivity index (χ1v) is 11.5. The standard InChI is InChI=1S/C26H34N2O3/c1-4-6-10-16-31-24-13-9-8-12-21(24)18-28-23-15-14-20(11-7-5-2)17-22(23)25(26(28)30)27-19(3)29/h8-9,12-15,17,25H,4-7,10-11,16,18H2,1-3H3,(H,27,29)/t25-/m1/s1. The fraction of sp³-hybridized carbons (Fsp3) is 0.462. The van der Waals surface area contributed by atoms with E-state index in [0.717, 1.165) is 61.1 Å². The Kier molecular flexibility index (Phi) is 8.10. The van der Waals surface area contributed by atoms with Gasteiger partial charge in [0, 0.05) is 23.7 Å². The van der Waals surface area contributed by atoms with Crippen LogP contribution in [-0.2, 0) is 22.6 Å². The van der Waals surface area contributed by atoms with Crippen LogP contribution in [0.2, 0.25) is 0 Å². The molecule has 0 spiro atoms. The Balaban J connectivity index is 1.86. The molecule has 2 aromatic carbocycles. The summed E-state index contributed by atoms with van der Waals surface area (Å²) in [6.45, 7) is 6.88. The SMILES string of the molecule is CCCCCOc1ccccc1CN1C(=O)[C@H](NC(C)=O)c2cc(CCCC)ccc21. The number of carbonyl (C=O) groups excluding carboxylic acids is 2. The Hall–Kier alpha value is -2.82. The van der Waals surface area contributed by atoms with Crippen molar-refractivity contribution < 1.29 is 14.3 Å². The van der Waals surface area contributed by atoms with E-state index in [9.17, 15) is 9.59 Å². The van der Waals surface area contributed by atoms with Gasteiger partial charge in [0.1, 0.15) is 11.8 Å². The number of carbonyl (C=O) groups is 2. The van der Waals surface area contributed by atoms with Gasteiger partial charge in [-0.2, -0.15) is 0 Å². The molecule has 1 atom stereocenters. The Labute approximate surface area is 185 Å². The van der Waals surface area contributed by atoms with Crippen LogP contribution in [0.5, 0.6) is 5.75 Å². The molecule has 0 saturated heterocycles. The summed E-state index contributed by atoms with van der Waals surface area (Å²) in [5.74, 6) is 0.513. The lowest BCUT2D eigenvalue weighted by atomic mass is 10.0. The monoisotopic (exact) mass is 422 g/mol. The fourth-order valence-corrected chi connectivity index (χ4v) is 4.01. The van der Waals surface area contributed by atoms with Gasteiger partial charge in [0.15, 0.2) is 0 Å². The number of nitrogens with one attached hydrogen (secondary N) is 1. The van der Waals surface area contributed by atoms with Crippen LogP contribution in [0.1, 0.15) is 75.6 Å². The maximum absolute atomic E-state index is 13.3. The number of hydrogen-bond acceptors (Lipinski definition) is 3. The third kappa shape index (κ3) is 5.66. The molecule has 0 saturated carbocycles. The van der Waals surface area contributed by atoms with Crippen molar-refractivity contribution in [1.82, 2.24) is 5.32 Å². The highest BCUT2D eigenvalue weighted by atomic mass is 16.5. The molecule has 0 aliphatic carbocycles. The van der Waals surface area contributed by atoms with Crippen LogP contribution in [0.15, 0.2) is 42.5 Å². The summed E-state index contributed by atoms with van der Waals surface area (Å²) in [4.78, 5) is 26.9. The number of ether oxygens (including phenoxy) is 1. The molecule has 0 bridgehead atoms. The molecule has 31 heavy (non-hydrogen) atoms. The van der Waals surface area contributed by atoms with E-state index in [0.29, 0.717) is 13.2 Å². The number of unbranched alkanes of at least 4 members (excludes halogenated alkanes) is 3. The Bertz CT molecular complexity index is 909. The fourth-order valence-electron chi connectivity index (χ4n) is 4.01. The molecule has 0 aromatic heterocycles. The Morgan fingerprint density at radius 2 is 1.84 bits per heavy atom. The van der Waals surface area contributed by atoms with Gasteiger partial charge in [-0.1, -0.05) is 63.4 Å². The van der Waals surface area contributed by atoms with Crippen molar-refractivity contribution in [1.29, 1.82) is 0 Å². The van der Waals surface area contributed by atoms with Gasteiger partial charge in [0.05, 0.1) is 13.2 Å². The molecular weight excluding hydrogens is 388 g/mol. The van der Waals surface area contributed by atoms with E-state index in [1.807, 2.05) is 30.3 Å². The first-order valence-electron chi connectivity index (χ1n) is 11.5. The second kappa shape index (κ2) is 11.0. The van der Waals surface area contributed by atoms with Gasteiger partial charge in [-0.25, -0.2) is 0 Å². The van der Waals surface area contributed by atoms with Crippen molar-refractivity contribution in [3.05, 3.63) is 59.2 Å². The van der Waals surface area contributed by atoms with Crippen molar-refractivity contribution in [2.45, 2.75) is 71.9 Å². The number of nitrogens with zero attached hydrogens (tertiary/aromatic N) is 1. The zero-order chi connectivity index (χ0) is 22.2. The van der Waals surface area contributed by atoms with Gasteiger partial charge in [0.2, 0.25) is 5.91 Å². The summed E-state index contributed by atoms with van der Waals surface area (Å²) in [5, 5.41) is 2.85. The molecule has 5 heteroatoms. The summed E-state index contributed by atoms with van der Waals surface area (Å²) < 4.78 is 6.02. The summed E-state index contributed by atoms with van der Waals surface area (Å²) in [6.07, 6.45) is 6.49. The molecular formula is C26H34N2O3. The molecule has 3 rings (SSSR count). The second-order valence-corrected chi connectivity index (χ2v) is 8.22. The molecule has 2 amide bonds. The molecule has 1 N–H and O–H groups in total. The van der Waals surface area contributed by atoms with Crippen molar-refractivity contribution in [2.24, 2.45) is 0 Å². The topological polar surface area (TPSA) is 58.6 Å². The van der Waals surface area contributed by atoms with Crippen LogP contribution < -0.4 is 15.0 Å². The average molecular weight is 423 g/mol. The van der Waals surface area contributed by atoms with E-state index in [-0.39, 0.29) is 11.8 Å². The van der Waals surface area contributed by atoms with Crippen LogP contribution in [-0.4, -0.2) is 18.4 Å². The first-order chi connectivity index (χ1) is 15.0. The second-order valence-electron chi connectivity index (χ2n) is 8.22. The summed E-state index contributed by atoms with van der Waals surface area (Å²) >= 11 is 0. The highest BCUT2D eigenvalue weighted by molar-refractivity contribution is 6.06. The van der Waals surface area contributed by atoms with Crippen molar-refractivity contribution in [2.75, 3.05) is 11.5 Å². The maximum atomic E-state index is 13.3. The largest absolute Gasteiger partial charge is 0.493 e. The molecule has 5 nitrogen and oxygen atoms in total. The minimum absolute atomic E-state index is 0.0985. The lowest BCUT2D eigenvalue weighted by Gasteiger charge is -2.20. The van der Waals surface area contributed by atoms with Crippen LogP contribution in [0.3, 0.4) is 0 Å². The molecule has 0 radical (unpaired) electrons. The third-order valence-electron chi connectivity index (χ3n) is 5.68. The van der Waals surface area contributed by atoms with E-state index < -0.39 is 6.04 Å². The summed E-state index contributed by atoms with van der Waals surface area (Å²) in [5.41, 5.74) is 3.92. The van der Waals surface area contributed by atoms with E-state index in [2.05, 4.69) is 31.3 Å². The van der Waals surface area contributed by atoms with Crippen LogP contribution in [0, 0.1) is 0 Å². The van der Waals surface area contributed by atoms with Crippen molar-refractivity contribution >= 4 is 17.5 Å². The Morgan fingerprint density at radius 1 is 1.06 bits per heavy atom. The number of fused-ring (bicyclic) bond motifs is 1. The number of para-hydroxylation sites is 1. The predicted molar refractivity (Wildman–Crippen MR) is 124 cm³/mol. The summed E-state index contributed by atoms with van der Waals surface area (Å²) in [6, 6.07) is 13.4. The van der Waals surface area contributed by atoms with E-state index in [1.165, 1.54) is 12.5 Å². The molecule has 1 heterocycles. The number of amides is 2. The summed E-state index contributed by atoms with van der Waals surface area (Å²) in [7, 11) is 0. The quantitative estimate of drug-likeness (QED) is 0.499. The van der Waals surface area contributed by atoms with E-state index in [1.54, 1.807) is 4.90 Å². The molecule has 166 valence electrons. The zero-order valence-electron chi connectivity index (χ0n) is 18.9. The van der Waals surface area contributed by atoms with E-state index in [4.69, 9.17) is 4.74 Å². The van der Waals surface area contributed by atoms with Gasteiger partial charge in [-0.3, -0.25) is 9.59 Å². The average Bonchev–Trinajstić information content (AvgIpc) is 3.01. The lowest BCUT2D eigenvalue weighted by Crippen LogP contribution is -2.36. The molecule has 0 unspecified atom stereocenters. The molecule has 1 aliphatic heterocycles. The highest BCUT2D eigenvalue weighted by Crippen LogP contribution is 2.38. The van der Waals surface area contributed by atoms with Crippen LogP contribution in [0.25, 0.3) is 0 Å². The normalized spacial score (nSPS) is 15.1. The first kappa shape index (κ1) is 22.9. The van der Waals surface area contributed by atoms with Gasteiger partial charge in [-0.15, -0.1) is 0 Å². The minimum atomic E-state index is -0.633. The van der Waals surface area contributed by atoms with E-state index >= 15 is 0 Å². The van der Waals surface area contributed by atoms with Gasteiger partial charge in [-0.05, 0) is 37.0 Å². The van der Waals surface area contributed by atoms with Crippen molar-refractivity contribution in [3.8, 4) is 5.75 Å². The third-order valence-corrected chi connectivity index (χ3v) is 5.68. The van der Waals surface area contributed by atoms with Crippen LogP contribution in [0.4, 0.5) is 5.69 Å². The Morgan fingerprint density at radius 3 is 2.58 bits per heavy atom. The molecule has 2 aromatic rings. The highest BCUT2D eigenvalue weighted by Gasteiger charge is 2.38. The number of benzene rings is 2. The van der Waals surface area contributed by atoms with Crippen molar-refractivity contribution in [3.63, 3.8) is 0 Å². The molecule has 1 aliphatic rings. The minimum Gasteiger partial charge on any atom is -0.493 e. The lowest BCUT2D eigenvalue weighted by molar-refractivity contribution is -0.126. The maximum Gasteiger partial charge on any atom is 0.254 e. The van der Waals surface area contributed by atoms with Crippen LogP contribution >= 0.6 is 0 Å².